The highest BCUT2D eigenvalue weighted by Gasteiger charge is 2.40. The van der Waals surface area contributed by atoms with Crippen LogP contribution in [-0.2, 0) is 21.7 Å². The zero-order valence-electron chi connectivity index (χ0n) is 51.9. The average Bonchev–Trinajstić information content (AvgIpc) is 4.17. The molecule has 0 aliphatic carbocycles. The monoisotopic (exact) mass is 1030 g/mol. The highest BCUT2D eigenvalue weighted by atomic mass is 16.5. The van der Waals surface area contributed by atoms with Crippen LogP contribution in [0.15, 0.2) is 109 Å². The van der Waals surface area contributed by atoms with Gasteiger partial charge in [-0.15, -0.1) is 32.8 Å². The van der Waals surface area contributed by atoms with Crippen LogP contribution in [0, 0.1) is 0 Å². The van der Waals surface area contributed by atoms with Gasteiger partial charge in [0.05, 0.1) is 11.0 Å². The minimum atomic E-state index is -0.174. The van der Waals surface area contributed by atoms with Crippen LogP contribution in [0.25, 0.3) is 49.9 Å². The highest BCUT2D eigenvalue weighted by Crippen LogP contribution is 2.53. The van der Waals surface area contributed by atoms with Crippen molar-refractivity contribution in [2.45, 2.75) is 111 Å². The van der Waals surface area contributed by atoms with E-state index >= 15 is 0 Å². The predicted molar refractivity (Wildman–Crippen MR) is 374 cm³/mol. The van der Waals surface area contributed by atoms with E-state index in [1.807, 2.05) is 6.20 Å². The van der Waals surface area contributed by atoms with E-state index in [0.717, 1.165) is 40.6 Å². The number of para-hydroxylation sites is 2. The fourth-order valence-electron chi connectivity index (χ4n) is 13.1. The normalized spacial score (nSPS) is 14.1. The summed E-state index contributed by atoms with van der Waals surface area (Å²) < 4.78 is 9.51. The van der Waals surface area contributed by atoms with Gasteiger partial charge in [0.15, 0.2) is 0 Å². The first-order valence-corrected chi connectivity index (χ1v) is 29.0. The number of ether oxygens (including phenoxy) is 1. The summed E-state index contributed by atoms with van der Waals surface area (Å²) >= 11 is 0. The van der Waals surface area contributed by atoms with Crippen molar-refractivity contribution in [3.63, 3.8) is 0 Å². The molecule has 0 spiro atoms. The van der Waals surface area contributed by atoms with E-state index in [0.29, 0.717) is 0 Å². The van der Waals surface area contributed by atoms with E-state index in [1.54, 1.807) is 0 Å². The standard InChI is InChI=1S/C65H77B10N3O/c1-62(2,3)32-23-24-76-46(27-32)78-44-20-16-14-17-37(44)39-22-21-35(29-45(39)78)79-36-26-33(63(4,5)6)25-34(28-36)77-31-40(38-18-13-15-19-43(38)77)47-48(50-52(66)56(70)60(74)57(71)53(50)67)41(64(7,8)9)30-42(65(10,11)12)49(47)51-54(68)58(72)61(75)59(73)55(51)69/h13-30,40H,31,66-75H2,1-12H3. The van der Waals surface area contributed by atoms with Crippen LogP contribution >= 0.6 is 0 Å². The Morgan fingerprint density at radius 2 is 0.949 bits per heavy atom. The number of pyridine rings is 1. The van der Waals surface area contributed by atoms with E-state index < -0.39 is 0 Å². The fourth-order valence-corrected chi connectivity index (χ4v) is 13.1. The first-order chi connectivity index (χ1) is 36.9. The fraction of sp³-hybridized carbons (Fsp3) is 0.277. The summed E-state index contributed by atoms with van der Waals surface area (Å²) in [5.74, 6) is 2.52. The maximum Gasteiger partial charge on any atom is 0.139 e. The zero-order chi connectivity index (χ0) is 57.3. The summed E-state index contributed by atoms with van der Waals surface area (Å²) in [6, 6.07) is 38.5. The van der Waals surface area contributed by atoms with E-state index in [2.05, 4.69) is 274 Å². The van der Waals surface area contributed by atoms with Crippen molar-refractivity contribution >= 4 is 166 Å². The summed E-state index contributed by atoms with van der Waals surface area (Å²) in [5, 5.41) is 2.36. The largest absolute Gasteiger partial charge is 0.457 e. The Bertz CT molecular complexity index is 3820. The molecule has 3 heterocycles. The zero-order valence-corrected chi connectivity index (χ0v) is 51.9. The Morgan fingerprint density at radius 3 is 1.49 bits per heavy atom. The van der Waals surface area contributed by atoms with E-state index in [-0.39, 0.29) is 27.6 Å². The molecular weight excluding hydrogens is 947 g/mol. The molecule has 0 radical (unpaired) electrons. The third-order valence-electron chi connectivity index (χ3n) is 18.6. The van der Waals surface area contributed by atoms with Crippen molar-refractivity contribution in [1.82, 2.24) is 9.55 Å². The molecule has 1 aliphatic rings. The van der Waals surface area contributed by atoms with Crippen molar-refractivity contribution in [3.05, 3.63) is 143 Å². The topological polar surface area (TPSA) is 30.3 Å². The van der Waals surface area contributed by atoms with E-state index in [9.17, 15) is 0 Å². The molecule has 0 saturated heterocycles. The first-order valence-electron chi connectivity index (χ1n) is 29.0. The molecule has 79 heavy (non-hydrogen) atoms. The predicted octanol–water partition coefficient (Wildman–Crippen LogP) is 0.363. The Balaban J connectivity index is 1.23. The minimum Gasteiger partial charge on any atom is -0.457 e. The van der Waals surface area contributed by atoms with Crippen LogP contribution in [0.1, 0.15) is 122 Å². The average molecular weight is 1020 g/mol. The van der Waals surface area contributed by atoms with Crippen molar-refractivity contribution < 1.29 is 4.74 Å². The Labute approximate surface area is 482 Å². The molecule has 4 nitrogen and oxygen atoms in total. The first kappa shape index (κ1) is 56.0. The highest BCUT2D eigenvalue weighted by molar-refractivity contribution is 6.70. The second-order valence-corrected chi connectivity index (χ2v) is 27.6. The van der Waals surface area contributed by atoms with Gasteiger partial charge in [-0.05, 0) is 126 Å². The molecule has 1 atom stereocenters. The molecule has 14 heteroatoms. The molecule has 1 unspecified atom stereocenters. The molecule has 1 aliphatic heterocycles. The molecular formula is C65H77B10N3O. The lowest BCUT2D eigenvalue weighted by Gasteiger charge is -2.38. The van der Waals surface area contributed by atoms with E-state index in [1.165, 1.54) is 127 Å². The Hall–Kier alpha value is -6.26. The lowest BCUT2D eigenvalue weighted by Crippen LogP contribution is -2.56. The van der Waals surface area contributed by atoms with Crippen molar-refractivity contribution in [2.75, 3.05) is 11.4 Å². The van der Waals surface area contributed by atoms with Crippen LogP contribution in [-0.4, -0.2) is 94.6 Å². The van der Waals surface area contributed by atoms with Crippen molar-refractivity contribution in [1.29, 1.82) is 0 Å². The second kappa shape index (κ2) is 19.8. The SMILES string of the molecule is Bc1c(B)c(B)c(-c2c(C(C)(C)C)cc(C(C)(C)C)c(-c3c(B)c(B)c(B)c(B)c3B)c2C2CN(c3cc(Oc4ccc5c6ccccc6n(-c6cc(C(C)(C)C)ccn6)c5c4)cc(C(C)(C)C)c3)c3ccccc32)c(B)c1B. The number of anilines is 2. The summed E-state index contributed by atoms with van der Waals surface area (Å²) in [6.07, 6.45) is 1.95. The molecule has 0 bridgehead atoms. The molecule has 388 valence electrons. The Morgan fingerprint density at radius 1 is 0.443 bits per heavy atom. The molecule has 0 N–H and O–H groups in total. The summed E-state index contributed by atoms with van der Waals surface area (Å²) in [6.45, 7) is 29.1. The third-order valence-corrected chi connectivity index (χ3v) is 18.6. The second-order valence-electron chi connectivity index (χ2n) is 27.6. The maximum atomic E-state index is 7.20. The van der Waals surface area contributed by atoms with Gasteiger partial charge in [-0.3, -0.25) is 4.57 Å². The van der Waals surface area contributed by atoms with Gasteiger partial charge < -0.3 is 9.64 Å². The number of benzene rings is 7. The molecule has 2 aromatic heterocycles. The van der Waals surface area contributed by atoms with Gasteiger partial charge in [0.25, 0.3) is 0 Å². The van der Waals surface area contributed by atoms with Crippen molar-refractivity contribution in [2.24, 2.45) is 0 Å². The number of hydrogen-bond acceptors (Lipinski definition) is 3. The minimum absolute atomic E-state index is 0.0170. The Kier molecular flexibility index (Phi) is 14.0. The quantitative estimate of drug-likeness (QED) is 0.217. The van der Waals surface area contributed by atoms with Crippen LogP contribution in [0.5, 0.6) is 11.5 Å². The number of rotatable bonds is 7. The van der Waals surface area contributed by atoms with Gasteiger partial charge in [-0.25, -0.2) is 4.98 Å². The number of fused-ring (bicyclic) bond motifs is 4. The van der Waals surface area contributed by atoms with Gasteiger partial charge in [0.2, 0.25) is 0 Å². The molecule has 7 aromatic carbocycles. The van der Waals surface area contributed by atoms with Gasteiger partial charge >= 0.3 is 0 Å². The summed E-state index contributed by atoms with van der Waals surface area (Å²) in [4.78, 5) is 7.60. The third kappa shape index (κ3) is 9.59. The molecule has 10 rings (SSSR count). The molecule has 0 fully saturated rings. The maximum absolute atomic E-state index is 7.20. The van der Waals surface area contributed by atoms with Crippen LogP contribution in [0.2, 0.25) is 0 Å². The van der Waals surface area contributed by atoms with Crippen molar-refractivity contribution in [3.8, 4) is 39.6 Å². The smallest absolute Gasteiger partial charge is 0.139 e. The lowest BCUT2D eigenvalue weighted by atomic mass is 9.56. The lowest BCUT2D eigenvalue weighted by molar-refractivity contribution is 0.479. The summed E-state index contributed by atoms with van der Waals surface area (Å²) in [7, 11) is 23.6. The van der Waals surface area contributed by atoms with Gasteiger partial charge in [-0.1, -0.05) is 147 Å². The van der Waals surface area contributed by atoms with Crippen LogP contribution < -0.4 is 64.3 Å². The molecule has 9 aromatic rings. The molecule has 0 saturated carbocycles. The van der Waals surface area contributed by atoms with Crippen LogP contribution in [0.3, 0.4) is 0 Å². The summed E-state index contributed by atoms with van der Waals surface area (Å²) in [5.41, 5.74) is 31.5. The number of hydrogen-bond donors (Lipinski definition) is 0. The number of nitrogens with zero attached hydrogens (tertiary/aromatic N) is 3. The van der Waals surface area contributed by atoms with Gasteiger partial charge in [-0.2, -0.15) is 0 Å². The van der Waals surface area contributed by atoms with Gasteiger partial charge in [0.1, 0.15) is 95.8 Å². The van der Waals surface area contributed by atoms with E-state index in [4.69, 9.17) is 9.72 Å². The molecule has 0 amide bonds. The number of aromatic nitrogens is 2. The van der Waals surface area contributed by atoms with Crippen LogP contribution in [0.4, 0.5) is 11.4 Å². The van der Waals surface area contributed by atoms with Gasteiger partial charge in [0, 0.05) is 52.9 Å².